The van der Waals surface area contributed by atoms with Crippen molar-refractivity contribution in [3.63, 3.8) is 0 Å². The molecule has 1 saturated carbocycles. The maximum absolute atomic E-state index is 13.0. The zero-order valence-corrected chi connectivity index (χ0v) is 7.77. The molecule has 0 heterocycles. The van der Waals surface area contributed by atoms with E-state index < -0.39 is 11.9 Å². The molecule has 1 fully saturated rings. The summed E-state index contributed by atoms with van der Waals surface area (Å²) in [5, 5.41) is 20.2. The van der Waals surface area contributed by atoms with E-state index in [0.29, 0.717) is 12.0 Å². The highest BCUT2D eigenvalue weighted by molar-refractivity contribution is 5.66. The third-order valence-corrected chi connectivity index (χ3v) is 2.52. The molecule has 15 heavy (non-hydrogen) atoms. The summed E-state index contributed by atoms with van der Waals surface area (Å²) in [5.41, 5.74) is 0.466. The van der Waals surface area contributed by atoms with Crippen molar-refractivity contribution in [3.8, 4) is 5.75 Å². The van der Waals surface area contributed by atoms with Gasteiger partial charge in [0.2, 0.25) is 0 Å². The minimum absolute atomic E-state index is 0.114. The van der Waals surface area contributed by atoms with Gasteiger partial charge in [-0.3, -0.25) is 0 Å². The van der Waals surface area contributed by atoms with Gasteiger partial charge in [0.05, 0.1) is 0 Å². The number of benzene rings is 1. The van der Waals surface area contributed by atoms with E-state index in [1.165, 1.54) is 12.1 Å². The second-order valence-corrected chi connectivity index (χ2v) is 3.58. The van der Waals surface area contributed by atoms with Gasteiger partial charge in [-0.25, -0.2) is 9.18 Å². The van der Waals surface area contributed by atoms with E-state index in [0.717, 1.165) is 0 Å². The smallest absolute Gasteiger partial charge is 0.404 e. The summed E-state index contributed by atoms with van der Waals surface area (Å²) in [7, 11) is 0. The lowest BCUT2D eigenvalue weighted by molar-refractivity contribution is 0.193. The summed E-state index contributed by atoms with van der Waals surface area (Å²) in [5.74, 6) is -1.16. The Morgan fingerprint density at radius 2 is 2.27 bits per heavy atom. The number of para-hydroxylation sites is 1. The zero-order valence-electron chi connectivity index (χ0n) is 7.77. The Morgan fingerprint density at radius 3 is 2.93 bits per heavy atom. The third kappa shape index (κ3) is 1.86. The second kappa shape index (κ2) is 3.42. The van der Waals surface area contributed by atoms with E-state index in [4.69, 9.17) is 5.11 Å². The fourth-order valence-corrected chi connectivity index (χ4v) is 1.69. The van der Waals surface area contributed by atoms with E-state index in [1.54, 1.807) is 6.07 Å². The lowest BCUT2D eigenvalue weighted by atomic mass is 10.1. The van der Waals surface area contributed by atoms with Gasteiger partial charge < -0.3 is 15.5 Å². The van der Waals surface area contributed by atoms with Gasteiger partial charge in [-0.1, -0.05) is 12.1 Å². The van der Waals surface area contributed by atoms with Gasteiger partial charge in [0.25, 0.3) is 0 Å². The molecule has 4 nitrogen and oxygen atoms in total. The summed E-state index contributed by atoms with van der Waals surface area (Å²) >= 11 is 0. The van der Waals surface area contributed by atoms with Crippen LogP contribution in [0.25, 0.3) is 0 Å². The Bertz CT molecular complexity index is 408. The molecule has 2 rings (SSSR count). The molecule has 1 aromatic carbocycles. The monoisotopic (exact) mass is 211 g/mol. The van der Waals surface area contributed by atoms with Crippen LogP contribution in [0, 0.1) is 5.82 Å². The topological polar surface area (TPSA) is 69.6 Å². The molecule has 0 aliphatic heterocycles. The van der Waals surface area contributed by atoms with Crippen LogP contribution in [-0.4, -0.2) is 22.3 Å². The van der Waals surface area contributed by atoms with Crippen molar-refractivity contribution in [2.24, 2.45) is 0 Å². The van der Waals surface area contributed by atoms with Crippen molar-refractivity contribution < 1.29 is 19.4 Å². The van der Waals surface area contributed by atoms with E-state index in [2.05, 4.69) is 5.32 Å². The van der Waals surface area contributed by atoms with Crippen molar-refractivity contribution in [3.05, 3.63) is 29.6 Å². The maximum atomic E-state index is 13.0. The van der Waals surface area contributed by atoms with Gasteiger partial charge in [-0.05, 0) is 12.5 Å². The Balaban J connectivity index is 2.13. The predicted octanol–water partition coefficient (Wildman–Crippen LogP) is 1.65. The number of nitrogens with one attached hydrogen (secondary N) is 1. The van der Waals surface area contributed by atoms with Crippen molar-refractivity contribution in [1.29, 1.82) is 0 Å². The third-order valence-electron chi connectivity index (χ3n) is 2.52. The number of phenolic OH excluding ortho intramolecular Hbond substituents is 1. The number of rotatable bonds is 2. The first-order valence-corrected chi connectivity index (χ1v) is 4.56. The molecular weight excluding hydrogens is 201 g/mol. The minimum Gasteiger partial charge on any atom is -0.505 e. The number of aromatic hydroxyl groups is 1. The van der Waals surface area contributed by atoms with Crippen LogP contribution in [-0.2, 0) is 0 Å². The number of carbonyl (C=O) groups is 1. The summed E-state index contributed by atoms with van der Waals surface area (Å²) in [6.45, 7) is 0. The van der Waals surface area contributed by atoms with Crippen molar-refractivity contribution in [2.45, 2.75) is 18.4 Å². The SMILES string of the molecule is O=C(O)NC1CC1c1cccc(F)c1O. The number of hydrogen-bond acceptors (Lipinski definition) is 2. The van der Waals surface area contributed by atoms with Gasteiger partial charge in [0, 0.05) is 17.5 Å². The van der Waals surface area contributed by atoms with Crippen molar-refractivity contribution in [2.75, 3.05) is 0 Å². The fourth-order valence-electron chi connectivity index (χ4n) is 1.69. The maximum Gasteiger partial charge on any atom is 0.404 e. The average Bonchev–Trinajstić information content (AvgIpc) is 2.88. The number of hydrogen-bond donors (Lipinski definition) is 3. The van der Waals surface area contributed by atoms with Gasteiger partial charge in [-0.2, -0.15) is 0 Å². The molecule has 2 atom stereocenters. The molecule has 1 aliphatic rings. The minimum atomic E-state index is -1.10. The molecule has 5 heteroatoms. The first-order valence-electron chi connectivity index (χ1n) is 4.56. The van der Waals surface area contributed by atoms with Crippen LogP contribution >= 0.6 is 0 Å². The Hall–Kier alpha value is -1.78. The van der Waals surface area contributed by atoms with Crippen molar-refractivity contribution in [1.82, 2.24) is 5.32 Å². The standard InChI is InChI=1S/C10H10FNO3/c11-7-3-1-2-5(9(7)13)6-4-8(6)12-10(14)15/h1-3,6,8,12-13H,4H2,(H,14,15). The molecule has 3 N–H and O–H groups in total. The van der Waals surface area contributed by atoms with Gasteiger partial charge >= 0.3 is 6.09 Å². The molecule has 0 bridgehead atoms. The second-order valence-electron chi connectivity index (χ2n) is 3.58. The number of phenols is 1. The molecule has 1 amide bonds. The van der Waals surface area contributed by atoms with E-state index in [1.807, 2.05) is 0 Å². The largest absolute Gasteiger partial charge is 0.505 e. The summed E-state index contributed by atoms with van der Waals surface area (Å²) in [6, 6.07) is 4.06. The fraction of sp³-hybridized carbons (Fsp3) is 0.300. The van der Waals surface area contributed by atoms with Crippen LogP contribution < -0.4 is 5.32 Å². The number of amides is 1. The Labute approximate surface area is 85.4 Å². The van der Waals surface area contributed by atoms with Crippen LogP contribution in [0.2, 0.25) is 0 Å². The molecule has 1 aromatic rings. The Kier molecular flexibility index (Phi) is 2.22. The average molecular weight is 211 g/mol. The molecule has 80 valence electrons. The van der Waals surface area contributed by atoms with Crippen LogP contribution in [0.4, 0.5) is 9.18 Å². The predicted molar refractivity (Wildman–Crippen MR) is 50.4 cm³/mol. The quantitative estimate of drug-likeness (QED) is 0.696. The number of carboxylic acid groups (broad SMARTS) is 1. The van der Waals surface area contributed by atoms with Crippen molar-refractivity contribution >= 4 is 6.09 Å². The first kappa shape index (κ1) is 9.76. The lowest BCUT2D eigenvalue weighted by Crippen LogP contribution is -2.24. The molecule has 1 aliphatic carbocycles. The highest BCUT2D eigenvalue weighted by Crippen LogP contribution is 2.44. The highest BCUT2D eigenvalue weighted by atomic mass is 19.1. The van der Waals surface area contributed by atoms with E-state index >= 15 is 0 Å². The first-order chi connectivity index (χ1) is 7.09. The number of halogens is 1. The van der Waals surface area contributed by atoms with E-state index in [9.17, 15) is 14.3 Å². The summed E-state index contributed by atoms with van der Waals surface area (Å²) < 4.78 is 13.0. The lowest BCUT2D eigenvalue weighted by Gasteiger charge is -2.04. The van der Waals surface area contributed by atoms with Crippen LogP contribution in [0.3, 0.4) is 0 Å². The van der Waals surface area contributed by atoms with E-state index in [-0.39, 0.29) is 17.7 Å². The van der Waals surface area contributed by atoms with Gasteiger partial charge in [0.1, 0.15) is 0 Å². The van der Waals surface area contributed by atoms with Gasteiger partial charge in [-0.15, -0.1) is 0 Å². The summed E-state index contributed by atoms with van der Waals surface area (Å²) in [4.78, 5) is 10.3. The van der Waals surface area contributed by atoms with Crippen LogP contribution in [0.5, 0.6) is 5.75 Å². The van der Waals surface area contributed by atoms with Crippen LogP contribution in [0.15, 0.2) is 18.2 Å². The zero-order chi connectivity index (χ0) is 11.0. The highest BCUT2D eigenvalue weighted by Gasteiger charge is 2.41. The molecule has 0 saturated heterocycles. The molecule has 0 radical (unpaired) electrons. The molecule has 0 aromatic heterocycles. The molecular formula is C10H10FNO3. The molecule has 2 unspecified atom stereocenters. The Morgan fingerprint density at radius 1 is 1.53 bits per heavy atom. The van der Waals surface area contributed by atoms with Crippen LogP contribution in [0.1, 0.15) is 17.9 Å². The molecule has 0 spiro atoms. The van der Waals surface area contributed by atoms with Gasteiger partial charge in [0.15, 0.2) is 11.6 Å². The summed E-state index contributed by atoms with van der Waals surface area (Å²) in [6.07, 6.45) is -0.498. The normalized spacial score (nSPS) is 23.5.